The Labute approximate surface area is 161 Å². The van der Waals surface area contributed by atoms with Gasteiger partial charge in [-0.1, -0.05) is 46.6 Å². The Hall–Kier alpha value is -2.84. The summed E-state index contributed by atoms with van der Waals surface area (Å²) in [5, 5.41) is 6.34. The minimum atomic E-state index is -4.13. The lowest BCUT2D eigenvalue weighted by Gasteiger charge is -2.11. The van der Waals surface area contributed by atoms with Crippen molar-refractivity contribution >= 4 is 39.1 Å². The Morgan fingerprint density at radius 1 is 1.07 bits per heavy atom. The molecule has 0 atom stereocenters. The molecule has 0 unspecified atom stereocenters. The zero-order valence-electron chi connectivity index (χ0n) is 14.5. The lowest BCUT2D eigenvalue weighted by atomic mass is 10.2. The van der Waals surface area contributed by atoms with E-state index in [4.69, 9.17) is 16.1 Å². The van der Waals surface area contributed by atoms with E-state index in [9.17, 15) is 13.2 Å². The molecule has 0 aliphatic carbocycles. The molecule has 1 amide bonds. The summed E-state index contributed by atoms with van der Waals surface area (Å²) in [7, 11) is -4.13. The first kappa shape index (κ1) is 18.9. The zero-order chi connectivity index (χ0) is 19.6. The van der Waals surface area contributed by atoms with Crippen LogP contribution in [0.1, 0.15) is 21.6 Å². The summed E-state index contributed by atoms with van der Waals surface area (Å²) in [5.41, 5.74) is 1.93. The van der Waals surface area contributed by atoms with E-state index in [0.717, 1.165) is 5.56 Å². The fraction of sp³-hybridized carbons (Fsp3) is 0.111. The SMILES string of the molecule is Cc1ccc(NC(=O)c2ccccc2S(=O)(=O)Nc2onc(C)c2Cl)cc1. The lowest BCUT2D eigenvalue weighted by molar-refractivity contribution is 0.102. The normalized spacial score (nSPS) is 11.2. The maximum atomic E-state index is 12.7. The van der Waals surface area contributed by atoms with E-state index in [0.29, 0.717) is 11.4 Å². The second-order valence-corrected chi connectivity index (χ2v) is 7.86. The van der Waals surface area contributed by atoms with Crippen molar-refractivity contribution in [3.8, 4) is 0 Å². The van der Waals surface area contributed by atoms with Gasteiger partial charge in [0.25, 0.3) is 21.8 Å². The zero-order valence-corrected chi connectivity index (χ0v) is 16.1. The monoisotopic (exact) mass is 405 g/mol. The van der Waals surface area contributed by atoms with Gasteiger partial charge in [-0.25, -0.2) is 13.1 Å². The van der Waals surface area contributed by atoms with Gasteiger partial charge in [0, 0.05) is 5.69 Å². The van der Waals surface area contributed by atoms with Gasteiger partial charge in [0.15, 0.2) is 0 Å². The number of carbonyl (C=O) groups is 1. The lowest BCUT2D eigenvalue weighted by Crippen LogP contribution is -2.20. The average molecular weight is 406 g/mol. The van der Waals surface area contributed by atoms with E-state index in [1.165, 1.54) is 18.2 Å². The number of rotatable bonds is 5. The van der Waals surface area contributed by atoms with E-state index in [-0.39, 0.29) is 21.4 Å². The summed E-state index contributed by atoms with van der Waals surface area (Å²) in [6, 6.07) is 13.0. The topological polar surface area (TPSA) is 101 Å². The summed E-state index contributed by atoms with van der Waals surface area (Å²) in [5.74, 6) is -0.761. The average Bonchev–Trinajstić information content (AvgIpc) is 2.95. The second-order valence-electron chi connectivity index (χ2n) is 5.83. The molecule has 1 heterocycles. The predicted molar refractivity (Wildman–Crippen MR) is 103 cm³/mol. The Morgan fingerprint density at radius 3 is 2.37 bits per heavy atom. The van der Waals surface area contributed by atoms with Gasteiger partial charge in [-0.2, -0.15) is 0 Å². The number of hydrogen-bond donors (Lipinski definition) is 2. The number of benzene rings is 2. The highest BCUT2D eigenvalue weighted by molar-refractivity contribution is 7.92. The van der Waals surface area contributed by atoms with Gasteiger partial charge in [-0.15, -0.1) is 0 Å². The summed E-state index contributed by atoms with van der Waals surface area (Å²) in [6.07, 6.45) is 0. The first-order valence-corrected chi connectivity index (χ1v) is 9.75. The molecule has 0 saturated heterocycles. The molecular weight excluding hydrogens is 390 g/mol. The van der Waals surface area contributed by atoms with E-state index >= 15 is 0 Å². The van der Waals surface area contributed by atoms with E-state index in [1.54, 1.807) is 25.1 Å². The van der Waals surface area contributed by atoms with Crippen LogP contribution < -0.4 is 10.0 Å². The van der Waals surface area contributed by atoms with Crippen LogP contribution >= 0.6 is 11.6 Å². The smallest absolute Gasteiger partial charge is 0.265 e. The highest BCUT2D eigenvalue weighted by atomic mass is 35.5. The minimum absolute atomic E-state index is 0.0158. The second kappa shape index (κ2) is 7.42. The van der Waals surface area contributed by atoms with Crippen LogP contribution in [0.5, 0.6) is 0 Å². The number of anilines is 2. The molecule has 2 N–H and O–H groups in total. The fourth-order valence-electron chi connectivity index (χ4n) is 2.32. The number of hydrogen-bond acceptors (Lipinski definition) is 5. The van der Waals surface area contributed by atoms with Crippen molar-refractivity contribution in [3.05, 3.63) is 70.4 Å². The van der Waals surface area contributed by atoms with Crippen molar-refractivity contribution in [3.63, 3.8) is 0 Å². The molecule has 0 aliphatic heterocycles. The highest BCUT2D eigenvalue weighted by Crippen LogP contribution is 2.28. The summed E-state index contributed by atoms with van der Waals surface area (Å²) in [6.45, 7) is 3.50. The number of amides is 1. The number of sulfonamides is 1. The first-order valence-electron chi connectivity index (χ1n) is 7.89. The summed E-state index contributed by atoms with van der Waals surface area (Å²) < 4.78 is 32.6. The Bertz CT molecular complexity index is 1090. The number of nitrogens with zero attached hydrogens (tertiary/aromatic N) is 1. The quantitative estimate of drug-likeness (QED) is 0.668. The van der Waals surface area contributed by atoms with Crippen LogP contribution in [0.3, 0.4) is 0 Å². The number of carbonyl (C=O) groups excluding carboxylic acids is 1. The largest absolute Gasteiger partial charge is 0.336 e. The van der Waals surface area contributed by atoms with E-state index in [1.807, 2.05) is 19.1 Å². The van der Waals surface area contributed by atoms with Crippen molar-refractivity contribution in [2.24, 2.45) is 0 Å². The third-order valence-electron chi connectivity index (χ3n) is 3.75. The van der Waals surface area contributed by atoms with Crippen LogP contribution in [-0.2, 0) is 10.0 Å². The Balaban J connectivity index is 1.91. The van der Waals surface area contributed by atoms with E-state index < -0.39 is 15.9 Å². The third-order valence-corrected chi connectivity index (χ3v) is 5.58. The van der Waals surface area contributed by atoms with Crippen LogP contribution in [0.2, 0.25) is 5.02 Å². The molecule has 0 spiro atoms. The standard InChI is InChI=1S/C18H16ClN3O4S/c1-11-7-9-13(10-8-11)20-17(23)14-5-3-4-6-15(14)27(24,25)22-18-16(19)12(2)21-26-18/h3-10,22H,1-2H3,(H,20,23). The van der Waals surface area contributed by atoms with Gasteiger partial charge in [0.1, 0.15) is 15.6 Å². The summed E-state index contributed by atoms with van der Waals surface area (Å²) >= 11 is 5.96. The maximum Gasteiger partial charge on any atom is 0.265 e. The molecule has 0 saturated carbocycles. The Kier molecular flexibility index (Phi) is 5.20. The van der Waals surface area contributed by atoms with Crippen LogP contribution in [0.25, 0.3) is 0 Å². The van der Waals surface area contributed by atoms with Crippen LogP contribution in [0, 0.1) is 13.8 Å². The summed E-state index contributed by atoms with van der Waals surface area (Å²) in [4.78, 5) is 12.4. The molecule has 3 rings (SSSR count). The van der Waals surface area contributed by atoms with Crippen LogP contribution in [0.15, 0.2) is 57.9 Å². The third kappa shape index (κ3) is 4.12. The first-order chi connectivity index (χ1) is 12.8. The van der Waals surface area contributed by atoms with Crippen LogP contribution in [-0.4, -0.2) is 19.5 Å². The van der Waals surface area contributed by atoms with Gasteiger partial charge in [-0.3, -0.25) is 4.79 Å². The highest BCUT2D eigenvalue weighted by Gasteiger charge is 2.25. The number of aromatic nitrogens is 1. The number of aryl methyl sites for hydroxylation is 2. The Morgan fingerprint density at radius 2 is 1.74 bits per heavy atom. The predicted octanol–water partition coefficient (Wildman–Crippen LogP) is 4.00. The molecular formula is C18H16ClN3O4S. The molecule has 2 aromatic carbocycles. The van der Waals surface area contributed by atoms with Gasteiger partial charge < -0.3 is 9.84 Å². The molecule has 27 heavy (non-hydrogen) atoms. The molecule has 0 aliphatic rings. The molecule has 0 bridgehead atoms. The van der Waals surface area contributed by atoms with Gasteiger partial charge in [0.2, 0.25) is 0 Å². The van der Waals surface area contributed by atoms with Crippen molar-refractivity contribution in [1.29, 1.82) is 0 Å². The molecule has 7 nitrogen and oxygen atoms in total. The molecule has 1 aromatic heterocycles. The molecule has 0 radical (unpaired) electrons. The molecule has 0 fully saturated rings. The fourth-order valence-corrected chi connectivity index (χ4v) is 3.70. The van der Waals surface area contributed by atoms with Crippen molar-refractivity contribution in [2.75, 3.05) is 10.0 Å². The minimum Gasteiger partial charge on any atom is -0.336 e. The van der Waals surface area contributed by atoms with E-state index in [2.05, 4.69) is 15.2 Å². The van der Waals surface area contributed by atoms with Crippen molar-refractivity contribution < 1.29 is 17.7 Å². The maximum absolute atomic E-state index is 12.7. The molecule has 3 aromatic rings. The van der Waals surface area contributed by atoms with Crippen LogP contribution in [0.4, 0.5) is 11.6 Å². The molecule has 9 heteroatoms. The van der Waals surface area contributed by atoms with Crippen molar-refractivity contribution in [2.45, 2.75) is 18.7 Å². The number of halogens is 1. The molecule has 140 valence electrons. The number of nitrogens with one attached hydrogen (secondary N) is 2. The van der Waals surface area contributed by atoms with Crippen molar-refractivity contribution in [1.82, 2.24) is 5.16 Å². The van der Waals surface area contributed by atoms with Gasteiger partial charge in [-0.05, 0) is 38.1 Å². The van der Waals surface area contributed by atoms with Gasteiger partial charge >= 0.3 is 0 Å². The van der Waals surface area contributed by atoms with Gasteiger partial charge in [0.05, 0.1) is 5.56 Å².